The number of hydrogen-bond donors (Lipinski definition) is 3. The predicted octanol–water partition coefficient (Wildman–Crippen LogP) is 2.45. The molecule has 2 saturated carbocycles. The van der Waals surface area contributed by atoms with E-state index >= 15 is 0 Å². The Morgan fingerprint density at radius 1 is 1.13 bits per heavy atom. The molecule has 3 atom stereocenters. The second kappa shape index (κ2) is 9.02. The molecule has 0 aliphatic heterocycles. The first kappa shape index (κ1) is 18.7. The second-order valence-corrected chi connectivity index (χ2v) is 9.01. The maximum Gasteiger partial charge on any atom is 0.315 e. The van der Waals surface area contributed by atoms with Gasteiger partial charge in [-0.1, -0.05) is 45.4 Å². The zero-order valence-corrected chi connectivity index (χ0v) is 15.1. The van der Waals surface area contributed by atoms with Crippen molar-refractivity contribution in [1.82, 2.24) is 10.6 Å². The van der Waals surface area contributed by atoms with Gasteiger partial charge in [0.25, 0.3) is 0 Å². The van der Waals surface area contributed by atoms with Gasteiger partial charge in [0.2, 0.25) is 0 Å². The molecule has 0 unspecified atom stereocenters. The summed E-state index contributed by atoms with van der Waals surface area (Å²) in [5.74, 6) is 0.643. The molecule has 2 aliphatic carbocycles. The fourth-order valence-electron chi connectivity index (χ4n) is 3.82. The molecule has 6 heteroatoms. The van der Waals surface area contributed by atoms with Crippen LogP contribution in [0.15, 0.2) is 0 Å². The van der Waals surface area contributed by atoms with Crippen molar-refractivity contribution in [2.24, 2.45) is 0 Å². The van der Waals surface area contributed by atoms with Crippen LogP contribution in [-0.2, 0) is 10.8 Å². The van der Waals surface area contributed by atoms with Crippen LogP contribution in [0.25, 0.3) is 0 Å². The molecule has 2 amide bonds. The Bertz CT molecular complexity index is 409. The van der Waals surface area contributed by atoms with Gasteiger partial charge >= 0.3 is 6.03 Å². The average molecular weight is 345 g/mol. The van der Waals surface area contributed by atoms with Crippen LogP contribution < -0.4 is 10.6 Å². The normalized spacial score (nSPS) is 29.3. The largest absolute Gasteiger partial charge is 0.388 e. The van der Waals surface area contributed by atoms with Crippen LogP contribution in [0.4, 0.5) is 4.79 Å². The number of rotatable bonds is 5. The summed E-state index contributed by atoms with van der Waals surface area (Å²) in [7, 11) is -0.871. The molecule has 5 nitrogen and oxygen atoms in total. The molecular formula is C17H32N2O3S. The highest BCUT2D eigenvalue weighted by Gasteiger charge is 2.32. The third-order valence-corrected chi connectivity index (χ3v) is 7.06. The van der Waals surface area contributed by atoms with Crippen LogP contribution in [0.3, 0.4) is 0 Å². The Morgan fingerprint density at radius 3 is 2.43 bits per heavy atom. The number of carbonyl (C=O) groups is 1. The van der Waals surface area contributed by atoms with Crippen molar-refractivity contribution in [3.8, 4) is 0 Å². The lowest BCUT2D eigenvalue weighted by atomic mass is 9.94. The molecular weight excluding hydrogens is 312 g/mol. The Balaban J connectivity index is 1.82. The van der Waals surface area contributed by atoms with Gasteiger partial charge in [-0.25, -0.2) is 4.79 Å². The lowest BCUT2D eigenvalue weighted by Gasteiger charge is -2.32. The summed E-state index contributed by atoms with van der Waals surface area (Å²) in [6.45, 7) is 2.25. The number of amides is 2. The minimum Gasteiger partial charge on any atom is -0.388 e. The van der Waals surface area contributed by atoms with E-state index < -0.39 is 16.4 Å². The molecule has 2 rings (SSSR count). The van der Waals surface area contributed by atoms with E-state index in [1.165, 1.54) is 12.8 Å². The van der Waals surface area contributed by atoms with Crippen molar-refractivity contribution in [2.45, 2.75) is 88.0 Å². The highest BCUT2D eigenvalue weighted by atomic mass is 32.2. The van der Waals surface area contributed by atoms with E-state index in [2.05, 4.69) is 10.6 Å². The maximum absolute atomic E-state index is 12.2. The topological polar surface area (TPSA) is 78.4 Å². The van der Waals surface area contributed by atoms with E-state index in [4.69, 9.17) is 0 Å². The van der Waals surface area contributed by atoms with Crippen LogP contribution in [0.5, 0.6) is 0 Å². The van der Waals surface area contributed by atoms with Crippen LogP contribution in [0.2, 0.25) is 0 Å². The summed E-state index contributed by atoms with van der Waals surface area (Å²) in [5, 5.41) is 16.5. The molecule has 0 aromatic carbocycles. The third kappa shape index (κ3) is 5.75. The summed E-state index contributed by atoms with van der Waals surface area (Å²) in [5.41, 5.74) is -0.758. The standard InChI is InChI=1S/C17H32N2O3S/c1-2-23(22)15-10-6-5-9-14(15)19-16(20)18-13-17(21)11-7-3-4-8-12-17/h14-15,21H,2-13H2,1H3,(H2,18,19,20)/t14-,15-,23+/m1/s1. The SMILES string of the molecule is CC[S@](=O)[C@@H]1CCCC[C@H]1NC(=O)NCC1(O)CCCCCC1. The maximum atomic E-state index is 12.2. The zero-order chi connectivity index (χ0) is 16.7. The minimum absolute atomic E-state index is 0.00619. The lowest BCUT2D eigenvalue weighted by molar-refractivity contribution is 0.0275. The summed E-state index contributed by atoms with van der Waals surface area (Å²) < 4.78 is 12.2. The smallest absolute Gasteiger partial charge is 0.315 e. The first-order chi connectivity index (χ1) is 11.0. The fourth-order valence-corrected chi connectivity index (χ4v) is 5.25. The summed E-state index contributed by atoms with van der Waals surface area (Å²) in [6.07, 6.45) is 9.91. The Hall–Kier alpha value is -0.620. The Labute approximate surface area is 142 Å². The monoisotopic (exact) mass is 344 g/mol. The molecule has 0 radical (unpaired) electrons. The van der Waals surface area contributed by atoms with Crippen molar-refractivity contribution < 1.29 is 14.1 Å². The molecule has 0 bridgehead atoms. The zero-order valence-electron chi connectivity index (χ0n) is 14.3. The van der Waals surface area contributed by atoms with Gasteiger partial charge in [0.1, 0.15) is 0 Å². The fraction of sp³-hybridized carbons (Fsp3) is 0.941. The van der Waals surface area contributed by atoms with Gasteiger partial charge in [-0.2, -0.15) is 0 Å². The van der Waals surface area contributed by atoms with Gasteiger partial charge < -0.3 is 15.7 Å². The second-order valence-electron chi connectivity index (χ2n) is 7.06. The van der Waals surface area contributed by atoms with Crippen molar-refractivity contribution in [1.29, 1.82) is 0 Å². The molecule has 0 spiro atoms. The van der Waals surface area contributed by atoms with Crippen LogP contribution in [0.1, 0.15) is 71.1 Å². The number of urea groups is 1. The molecule has 134 valence electrons. The highest BCUT2D eigenvalue weighted by molar-refractivity contribution is 7.85. The number of aliphatic hydroxyl groups is 1. The van der Waals surface area contributed by atoms with Gasteiger partial charge in [0.15, 0.2) is 0 Å². The van der Waals surface area contributed by atoms with E-state index in [0.717, 1.165) is 51.4 Å². The minimum atomic E-state index is -0.871. The van der Waals surface area contributed by atoms with Gasteiger partial charge in [-0.3, -0.25) is 4.21 Å². The molecule has 2 aliphatic rings. The third-order valence-electron chi connectivity index (χ3n) is 5.25. The summed E-state index contributed by atoms with van der Waals surface area (Å²) >= 11 is 0. The van der Waals surface area contributed by atoms with E-state index in [9.17, 15) is 14.1 Å². The van der Waals surface area contributed by atoms with E-state index in [1.54, 1.807) is 0 Å². The molecule has 0 saturated heterocycles. The summed E-state index contributed by atoms with van der Waals surface area (Å²) in [4.78, 5) is 12.2. The molecule has 0 aromatic heterocycles. The van der Waals surface area contributed by atoms with Crippen LogP contribution in [0, 0.1) is 0 Å². The Morgan fingerprint density at radius 2 is 1.78 bits per heavy atom. The van der Waals surface area contributed by atoms with Crippen LogP contribution >= 0.6 is 0 Å². The molecule has 23 heavy (non-hydrogen) atoms. The average Bonchev–Trinajstić information content (AvgIpc) is 2.78. The quantitative estimate of drug-likeness (QED) is 0.670. The van der Waals surface area contributed by atoms with Crippen molar-refractivity contribution >= 4 is 16.8 Å². The lowest BCUT2D eigenvalue weighted by Crippen LogP contribution is -2.53. The van der Waals surface area contributed by atoms with Gasteiger partial charge in [0, 0.05) is 29.1 Å². The first-order valence-corrected chi connectivity index (χ1v) is 10.6. The molecule has 3 N–H and O–H groups in total. The van der Waals surface area contributed by atoms with Gasteiger partial charge in [-0.05, 0) is 25.7 Å². The predicted molar refractivity (Wildman–Crippen MR) is 93.9 cm³/mol. The molecule has 0 aromatic rings. The van der Waals surface area contributed by atoms with E-state index in [0.29, 0.717) is 12.3 Å². The van der Waals surface area contributed by atoms with Crippen molar-refractivity contribution in [3.63, 3.8) is 0 Å². The highest BCUT2D eigenvalue weighted by Crippen LogP contribution is 2.26. The first-order valence-electron chi connectivity index (χ1n) is 9.18. The van der Waals surface area contributed by atoms with Crippen molar-refractivity contribution in [3.05, 3.63) is 0 Å². The van der Waals surface area contributed by atoms with E-state index in [1.807, 2.05) is 6.92 Å². The van der Waals surface area contributed by atoms with Crippen LogP contribution in [-0.4, -0.2) is 44.5 Å². The number of nitrogens with one attached hydrogen (secondary N) is 2. The number of carbonyl (C=O) groups excluding carboxylic acids is 1. The molecule has 0 heterocycles. The van der Waals surface area contributed by atoms with Gasteiger partial charge in [-0.15, -0.1) is 0 Å². The number of hydrogen-bond acceptors (Lipinski definition) is 3. The van der Waals surface area contributed by atoms with Crippen molar-refractivity contribution in [2.75, 3.05) is 12.3 Å². The van der Waals surface area contributed by atoms with E-state index in [-0.39, 0.29) is 17.3 Å². The Kier molecular flexibility index (Phi) is 7.34. The summed E-state index contributed by atoms with van der Waals surface area (Å²) in [6, 6.07) is -0.235. The molecule has 2 fully saturated rings. The van der Waals surface area contributed by atoms with Gasteiger partial charge in [0.05, 0.1) is 10.9 Å².